The van der Waals surface area contributed by atoms with Crippen LogP contribution >= 0.6 is 11.3 Å². The second kappa shape index (κ2) is 7.45. The van der Waals surface area contributed by atoms with E-state index >= 15 is 0 Å². The standard InChI is InChI=1S/C18H19FN4O3S/c1-3-9(7-24)21-18-22-15(10-5-4-6-11(26)13(10)19)12-14(20)16(8(2)25)27-17(12)23-18/h4-6,9,24,26H,3,7,20H2,1-2H3,(H,21,22,23)/t9-/m1/s1. The van der Waals surface area contributed by atoms with Crippen molar-refractivity contribution in [3.8, 4) is 17.0 Å². The summed E-state index contributed by atoms with van der Waals surface area (Å²) in [6, 6.07) is 3.90. The molecule has 0 fully saturated rings. The fourth-order valence-electron chi connectivity index (χ4n) is 2.70. The van der Waals surface area contributed by atoms with Crippen molar-refractivity contribution in [3.05, 3.63) is 28.9 Å². The lowest BCUT2D eigenvalue weighted by Gasteiger charge is -2.15. The van der Waals surface area contributed by atoms with E-state index in [-0.39, 0.29) is 41.3 Å². The zero-order valence-electron chi connectivity index (χ0n) is 14.8. The number of aromatic nitrogens is 2. The minimum Gasteiger partial charge on any atom is -0.505 e. The Kier molecular flexibility index (Phi) is 5.24. The summed E-state index contributed by atoms with van der Waals surface area (Å²) in [6.07, 6.45) is 0.624. The van der Waals surface area contributed by atoms with Gasteiger partial charge in [0, 0.05) is 12.5 Å². The first-order chi connectivity index (χ1) is 12.9. The third-order valence-corrected chi connectivity index (χ3v) is 5.39. The molecule has 0 aliphatic heterocycles. The van der Waals surface area contributed by atoms with Gasteiger partial charge in [-0.25, -0.2) is 14.4 Å². The molecule has 0 spiro atoms. The number of rotatable bonds is 6. The molecule has 0 aliphatic carbocycles. The maximum Gasteiger partial charge on any atom is 0.224 e. The first kappa shape index (κ1) is 19.0. The number of carbonyl (C=O) groups excluding carboxylic acids is 1. The summed E-state index contributed by atoms with van der Waals surface area (Å²) in [5.41, 5.74) is 6.53. The maximum atomic E-state index is 14.6. The van der Waals surface area contributed by atoms with E-state index in [0.29, 0.717) is 21.5 Å². The number of phenolic OH excluding ortho intramolecular Hbond substituents is 1. The summed E-state index contributed by atoms with van der Waals surface area (Å²) >= 11 is 1.09. The van der Waals surface area contributed by atoms with Gasteiger partial charge >= 0.3 is 0 Å². The van der Waals surface area contributed by atoms with Crippen molar-refractivity contribution in [2.45, 2.75) is 26.3 Å². The molecule has 142 valence electrons. The molecule has 0 saturated heterocycles. The van der Waals surface area contributed by atoms with E-state index in [9.17, 15) is 19.4 Å². The number of thiophene rings is 1. The zero-order chi connectivity index (χ0) is 19.7. The Labute approximate surface area is 158 Å². The second-order valence-electron chi connectivity index (χ2n) is 6.05. The number of Topliss-reactive ketones (excluding diaryl/α,β-unsaturated/α-hetero) is 1. The van der Waals surface area contributed by atoms with E-state index in [1.807, 2.05) is 6.92 Å². The summed E-state index contributed by atoms with van der Waals surface area (Å²) in [7, 11) is 0. The molecule has 1 aromatic carbocycles. The number of phenols is 1. The molecule has 0 unspecified atom stereocenters. The number of fused-ring (bicyclic) bond motifs is 1. The molecule has 5 N–H and O–H groups in total. The Morgan fingerprint density at radius 2 is 2.15 bits per heavy atom. The van der Waals surface area contributed by atoms with Crippen LogP contribution in [0.15, 0.2) is 18.2 Å². The van der Waals surface area contributed by atoms with Gasteiger partial charge < -0.3 is 21.3 Å². The molecule has 0 radical (unpaired) electrons. The van der Waals surface area contributed by atoms with Gasteiger partial charge in [0.15, 0.2) is 17.3 Å². The fourth-order valence-corrected chi connectivity index (χ4v) is 3.69. The number of nitrogens with one attached hydrogen (secondary N) is 1. The molecule has 9 heteroatoms. The molecule has 27 heavy (non-hydrogen) atoms. The van der Waals surface area contributed by atoms with E-state index in [2.05, 4.69) is 15.3 Å². The number of benzene rings is 1. The van der Waals surface area contributed by atoms with Crippen molar-refractivity contribution in [2.24, 2.45) is 0 Å². The molecule has 0 amide bonds. The average Bonchev–Trinajstić information content (AvgIpc) is 2.98. The van der Waals surface area contributed by atoms with Crippen LogP contribution in [0, 0.1) is 5.82 Å². The van der Waals surface area contributed by atoms with Crippen molar-refractivity contribution < 1.29 is 19.4 Å². The van der Waals surface area contributed by atoms with Crippen molar-refractivity contribution >= 4 is 39.0 Å². The summed E-state index contributed by atoms with van der Waals surface area (Å²) < 4.78 is 14.6. The van der Waals surface area contributed by atoms with E-state index in [1.165, 1.54) is 25.1 Å². The molecule has 2 heterocycles. The highest BCUT2D eigenvalue weighted by Gasteiger charge is 2.23. The lowest BCUT2D eigenvalue weighted by Crippen LogP contribution is -2.24. The van der Waals surface area contributed by atoms with Crippen LogP contribution in [-0.2, 0) is 0 Å². The highest BCUT2D eigenvalue weighted by atomic mass is 32.1. The monoisotopic (exact) mass is 390 g/mol. The highest BCUT2D eigenvalue weighted by molar-refractivity contribution is 7.21. The maximum absolute atomic E-state index is 14.6. The first-order valence-electron chi connectivity index (χ1n) is 8.33. The SMILES string of the molecule is CC[C@H](CO)Nc1nc(-c2cccc(O)c2F)c2c(N)c(C(C)=O)sc2n1. The van der Waals surface area contributed by atoms with Gasteiger partial charge in [0.05, 0.1) is 34.3 Å². The molecule has 0 aliphatic rings. The number of aromatic hydroxyl groups is 1. The minimum absolute atomic E-state index is 0.0436. The van der Waals surface area contributed by atoms with Gasteiger partial charge in [-0.15, -0.1) is 11.3 Å². The van der Waals surface area contributed by atoms with Crippen molar-refractivity contribution in [1.82, 2.24) is 9.97 Å². The van der Waals surface area contributed by atoms with E-state index < -0.39 is 11.6 Å². The van der Waals surface area contributed by atoms with E-state index in [0.717, 1.165) is 11.3 Å². The van der Waals surface area contributed by atoms with Crippen molar-refractivity contribution in [3.63, 3.8) is 0 Å². The molecule has 3 rings (SSSR count). The van der Waals surface area contributed by atoms with Gasteiger partial charge in [-0.2, -0.15) is 0 Å². The number of anilines is 2. The van der Waals surface area contributed by atoms with Crippen molar-refractivity contribution in [2.75, 3.05) is 17.7 Å². The normalized spacial score (nSPS) is 12.3. The quantitative estimate of drug-likeness (QED) is 0.477. The van der Waals surface area contributed by atoms with Gasteiger partial charge in [-0.1, -0.05) is 13.0 Å². The van der Waals surface area contributed by atoms with Crippen LogP contribution in [0.2, 0.25) is 0 Å². The van der Waals surface area contributed by atoms with Crippen LogP contribution in [0.1, 0.15) is 29.9 Å². The molecular formula is C18H19FN4O3S. The number of halogens is 1. The number of ketones is 1. The Hall–Kier alpha value is -2.78. The van der Waals surface area contributed by atoms with Gasteiger partial charge in [-0.3, -0.25) is 4.79 Å². The van der Waals surface area contributed by atoms with E-state index in [1.54, 1.807) is 0 Å². The molecule has 0 saturated carbocycles. The molecular weight excluding hydrogens is 371 g/mol. The van der Waals surface area contributed by atoms with Crippen LogP contribution in [-0.4, -0.2) is 38.6 Å². The smallest absolute Gasteiger partial charge is 0.224 e. The largest absolute Gasteiger partial charge is 0.505 e. The number of carbonyl (C=O) groups is 1. The van der Waals surface area contributed by atoms with Gasteiger partial charge in [0.2, 0.25) is 5.95 Å². The second-order valence-corrected chi connectivity index (χ2v) is 7.05. The minimum atomic E-state index is -0.840. The summed E-state index contributed by atoms with van der Waals surface area (Å²) in [4.78, 5) is 21.4. The highest BCUT2D eigenvalue weighted by Crippen LogP contribution is 2.40. The predicted octanol–water partition coefficient (Wildman–Crippen LogP) is 3.17. The third kappa shape index (κ3) is 3.43. The number of nitrogens with two attached hydrogens (primary N) is 1. The van der Waals surface area contributed by atoms with Crippen LogP contribution in [0.4, 0.5) is 16.0 Å². The number of nitrogen functional groups attached to an aromatic ring is 1. The molecule has 3 aromatic rings. The number of aliphatic hydroxyl groups excluding tert-OH is 1. The Balaban J connectivity index is 2.31. The summed E-state index contributed by atoms with van der Waals surface area (Å²) in [6.45, 7) is 3.15. The fraction of sp³-hybridized carbons (Fsp3) is 0.278. The average molecular weight is 390 g/mol. The predicted molar refractivity (Wildman–Crippen MR) is 104 cm³/mol. The number of hydrogen-bond acceptors (Lipinski definition) is 8. The molecule has 7 nitrogen and oxygen atoms in total. The number of nitrogens with zero attached hydrogens (tertiary/aromatic N) is 2. The van der Waals surface area contributed by atoms with Crippen LogP contribution in [0.3, 0.4) is 0 Å². The van der Waals surface area contributed by atoms with Crippen LogP contribution in [0.5, 0.6) is 5.75 Å². The zero-order valence-corrected chi connectivity index (χ0v) is 15.6. The van der Waals surface area contributed by atoms with Crippen molar-refractivity contribution in [1.29, 1.82) is 0 Å². The topological polar surface area (TPSA) is 121 Å². The van der Waals surface area contributed by atoms with Gasteiger partial charge in [-0.05, 0) is 18.6 Å². The lowest BCUT2D eigenvalue weighted by atomic mass is 10.1. The number of aliphatic hydroxyl groups is 1. The number of hydrogen-bond donors (Lipinski definition) is 4. The Bertz CT molecular complexity index is 1020. The molecule has 0 bridgehead atoms. The van der Waals surface area contributed by atoms with Gasteiger partial charge in [0.25, 0.3) is 0 Å². The Morgan fingerprint density at radius 3 is 2.78 bits per heavy atom. The lowest BCUT2D eigenvalue weighted by molar-refractivity contribution is 0.102. The summed E-state index contributed by atoms with van der Waals surface area (Å²) in [5, 5.41) is 22.5. The van der Waals surface area contributed by atoms with Crippen LogP contribution in [0.25, 0.3) is 21.5 Å². The third-order valence-electron chi connectivity index (χ3n) is 4.19. The van der Waals surface area contributed by atoms with Gasteiger partial charge in [0.1, 0.15) is 4.83 Å². The summed E-state index contributed by atoms with van der Waals surface area (Å²) in [5.74, 6) is -1.41. The van der Waals surface area contributed by atoms with Crippen LogP contribution < -0.4 is 11.1 Å². The Morgan fingerprint density at radius 1 is 1.41 bits per heavy atom. The first-order valence-corrected chi connectivity index (χ1v) is 9.15. The molecule has 1 atom stereocenters. The molecule has 2 aromatic heterocycles. The van der Waals surface area contributed by atoms with E-state index in [4.69, 9.17) is 5.73 Å².